The molecular formula is C21H24N4S. The van der Waals surface area contributed by atoms with Crippen LogP contribution in [0.15, 0.2) is 58.7 Å². The molecule has 5 heteroatoms. The Hall–Kier alpha value is -2.27. The van der Waals surface area contributed by atoms with Crippen LogP contribution in [0.2, 0.25) is 0 Å². The topological polar surface area (TPSA) is 51.0 Å². The number of thioether (sulfide) groups is 1. The van der Waals surface area contributed by atoms with E-state index in [4.69, 9.17) is 0 Å². The molecule has 0 N–H and O–H groups in total. The molecule has 0 saturated heterocycles. The summed E-state index contributed by atoms with van der Waals surface area (Å²) in [7, 11) is 0. The van der Waals surface area contributed by atoms with Crippen molar-refractivity contribution in [3.8, 4) is 0 Å². The molecule has 2 aromatic rings. The number of hydrogen-bond acceptors (Lipinski definition) is 5. The van der Waals surface area contributed by atoms with Gasteiger partial charge < -0.3 is 0 Å². The summed E-state index contributed by atoms with van der Waals surface area (Å²) >= 11 is 1.70. The first-order chi connectivity index (χ1) is 12.8. The second kappa shape index (κ2) is 9.43. The second-order valence-electron chi connectivity index (χ2n) is 6.06. The summed E-state index contributed by atoms with van der Waals surface area (Å²) in [5.74, 6) is 1.05. The molecule has 0 radical (unpaired) electrons. The second-order valence-corrected chi connectivity index (χ2v) is 7.12. The summed E-state index contributed by atoms with van der Waals surface area (Å²) in [5.41, 5.74) is 5.53. The monoisotopic (exact) mass is 364 g/mol. The summed E-state index contributed by atoms with van der Waals surface area (Å²) in [5, 5.41) is 0.842. The zero-order chi connectivity index (χ0) is 18.2. The summed E-state index contributed by atoms with van der Waals surface area (Å²) in [6.07, 6.45) is 15.6. The standard InChI is InChI=1S/C21H24N4S/c1-3-12-26-21-24-14-16(15-25-21)13-20-18(9-7-11-23-20)17-8-5-6-10-22-19(17)4-2/h5,7-11,14-15H,3-4,6,12-13H2,1-2H3. The molecule has 4 nitrogen and oxygen atoms in total. The van der Waals surface area contributed by atoms with Gasteiger partial charge in [0.25, 0.3) is 0 Å². The lowest BCUT2D eigenvalue weighted by molar-refractivity contribution is 0.920. The van der Waals surface area contributed by atoms with E-state index in [0.717, 1.165) is 52.7 Å². The third-order valence-electron chi connectivity index (χ3n) is 4.09. The molecule has 0 aromatic carbocycles. The largest absolute Gasteiger partial charge is 0.265 e. The number of hydrogen-bond donors (Lipinski definition) is 0. The summed E-state index contributed by atoms with van der Waals surface area (Å²) < 4.78 is 0. The lowest BCUT2D eigenvalue weighted by atomic mass is 9.97. The van der Waals surface area contributed by atoms with Crippen molar-refractivity contribution in [2.24, 2.45) is 4.99 Å². The normalized spacial score (nSPS) is 13.9. The van der Waals surface area contributed by atoms with E-state index in [0.29, 0.717) is 6.42 Å². The Balaban J connectivity index is 1.88. The molecule has 0 unspecified atom stereocenters. The molecule has 0 atom stereocenters. The Labute approximate surface area is 159 Å². The molecule has 0 spiro atoms. The molecule has 0 saturated carbocycles. The highest BCUT2D eigenvalue weighted by Gasteiger charge is 2.13. The van der Waals surface area contributed by atoms with Crippen LogP contribution in [0, 0.1) is 0 Å². The van der Waals surface area contributed by atoms with E-state index in [9.17, 15) is 0 Å². The van der Waals surface area contributed by atoms with Gasteiger partial charge in [-0.3, -0.25) is 9.98 Å². The van der Waals surface area contributed by atoms with Crippen LogP contribution in [0.3, 0.4) is 0 Å². The first-order valence-electron chi connectivity index (χ1n) is 9.12. The van der Waals surface area contributed by atoms with Crippen LogP contribution in [0.25, 0.3) is 5.57 Å². The van der Waals surface area contributed by atoms with Gasteiger partial charge in [-0.25, -0.2) is 9.97 Å². The number of aliphatic imine (C=N–C) groups is 1. The predicted molar refractivity (Wildman–Crippen MR) is 110 cm³/mol. The molecule has 0 fully saturated rings. The molecule has 0 aliphatic carbocycles. The van der Waals surface area contributed by atoms with E-state index in [-0.39, 0.29) is 0 Å². The van der Waals surface area contributed by atoms with Crippen molar-refractivity contribution in [1.82, 2.24) is 15.0 Å². The van der Waals surface area contributed by atoms with Crippen molar-refractivity contribution in [2.75, 3.05) is 5.75 Å². The van der Waals surface area contributed by atoms with Crippen LogP contribution >= 0.6 is 11.8 Å². The maximum Gasteiger partial charge on any atom is 0.187 e. The highest BCUT2D eigenvalue weighted by molar-refractivity contribution is 7.99. The van der Waals surface area contributed by atoms with Crippen molar-refractivity contribution in [1.29, 1.82) is 0 Å². The van der Waals surface area contributed by atoms with Crippen LogP contribution in [-0.4, -0.2) is 26.9 Å². The van der Waals surface area contributed by atoms with Gasteiger partial charge in [0, 0.05) is 60.2 Å². The number of rotatable bonds is 7. The lowest BCUT2D eigenvalue weighted by Crippen LogP contribution is -2.01. The van der Waals surface area contributed by atoms with Crippen LogP contribution in [0.1, 0.15) is 49.9 Å². The minimum atomic E-state index is 0.715. The number of pyridine rings is 1. The van der Waals surface area contributed by atoms with Gasteiger partial charge in [0.05, 0.1) is 5.69 Å². The Bertz CT molecular complexity index is 822. The first-order valence-corrected chi connectivity index (χ1v) is 10.1. The molecular weight excluding hydrogens is 340 g/mol. The molecule has 3 heterocycles. The average molecular weight is 365 g/mol. The minimum absolute atomic E-state index is 0.715. The summed E-state index contributed by atoms with van der Waals surface area (Å²) in [4.78, 5) is 18.2. The number of aromatic nitrogens is 3. The van der Waals surface area contributed by atoms with Gasteiger partial charge in [0.15, 0.2) is 5.16 Å². The van der Waals surface area contributed by atoms with E-state index in [1.54, 1.807) is 11.8 Å². The predicted octanol–water partition coefficient (Wildman–Crippen LogP) is 5.12. The van der Waals surface area contributed by atoms with E-state index in [2.05, 4.69) is 52.0 Å². The van der Waals surface area contributed by atoms with Crippen molar-refractivity contribution >= 4 is 23.5 Å². The van der Waals surface area contributed by atoms with Gasteiger partial charge in [0.2, 0.25) is 0 Å². The van der Waals surface area contributed by atoms with Gasteiger partial charge in [0.1, 0.15) is 0 Å². The third kappa shape index (κ3) is 4.67. The fourth-order valence-corrected chi connectivity index (χ4v) is 3.46. The molecule has 3 rings (SSSR count). The van der Waals surface area contributed by atoms with Crippen LogP contribution < -0.4 is 0 Å². The van der Waals surface area contributed by atoms with Crippen LogP contribution in [0.4, 0.5) is 0 Å². The van der Waals surface area contributed by atoms with Gasteiger partial charge in [-0.15, -0.1) is 0 Å². The Kier molecular flexibility index (Phi) is 6.72. The smallest absolute Gasteiger partial charge is 0.187 e. The van der Waals surface area contributed by atoms with Crippen LogP contribution in [-0.2, 0) is 6.42 Å². The van der Waals surface area contributed by atoms with Crippen molar-refractivity contribution in [3.63, 3.8) is 0 Å². The molecule has 1 aliphatic rings. The quantitative estimate of drug-likeness (QED) is 0.506. The SMILES string of the molecule is CCCSc1ncc(Cc2ncccc2C2=C(CC)N=CCC=C2)cn1. The maximum absolute atomic E-state index is 4.64. The summed E-state index contributed by atoms with van der Waals surface area (Å²) in [6, 6.07) is 4.12. The average Bonchev–Trinajstić information content (AvgIpc) is 2.93. The van der Waals surface area contributed by atoms with Crippen molar-refractivity contribution < 1.29 is 0 Å². The van der Waals surface area contributed by atoms with Gasteiger partial charge in [-0.2, -0.15) is 0 Å². The molecule has 2 aromatic heterocycles. The first kappa shape index (κ1) is 18.5. The Morgan fingerprint density at radius 2 is 1.96 bits per heavy atom. The van der Waals surface area contributed by atoms with Gasteiger partial charge in [-0.1, -0.05) is 43.8 Å². The minimum Gasteiger partial charge on any atom is -0.265 e. The number of allylic oxidation sites excluding steroid dienone is 4. The number of nitrogens with zero attached hydrogens (tertiary/aromatic N) is 4. The summed E-state index contributed by atoms with van der Waals surface area (Å²) in [6.45, 7) is 4.30. The van der Waals surface area contributed by atoms with E-state index >= 15 is 0 Å². The highest BCUT2D eigenvalue weighted by atomic mass is 32.2. The lowest BCUT2D eigenvalue weighted by Gasteiger charge is -2.12. The van der Waals surface area contributed by atoms with Crippen LogP contribution in [0.5, 0.6) is 0 Å². The zero-order valence-corrected chi connectivity index (χ0v) is 16.2. The molecule has 134 valence electrons. The van der Waals surface area contributed by atoms with E-state index in [1.165, 1.54) is 5.57 Å². The van der Waals surface area contributed by atoms with Gasteiger partial charge >= 0.3 is 0 Å². The molecule has 0 bridgehead atoms. The zero-order valence-electron chi connectivity index (χ0n) is 15.4. The molecule has 1 aliphatic heterocycles. The fraction of sp³-hybridized carbons (Fsp3) is 0.333. The molecule has 26 heavy (non-hydrogen) atoms. The van der Waals surface area contributed by atoms with E-state index < -0.39 is 0 Å². The highest BCUT2D eigenvalue weighted by Crippen LogP contribution is 2.28. The fourth-order valence-electron chi connectivity index (χ4n) is 2.82. The third-order valence-corrected chi connectivity index (χ3v) is 5.17. The Morgan fingerprint density at radius 1 is 1.12 bits per heavy atom. The maximum atomic E-state index is 4.64. The Morgan fingerprint density at radius 3 is 2.73 bits per heavy atom. The van der Waals surface area contributed by atoms with E-state index in [1.807, 2.05) is 30.9 Å². The van der Waals surface area contributed by atoms with Crippen molar-refractivity contribution in [3.05, 3.63) is 65.4 Å². The molecule has 0 amide bonds. The van der Waals surface area contributed by atoms with Crippen molar-refractivity contribution in [2.45, 2.75) is 44.7 Å². The van der Waals surface area contributed by atoms with Gasteiger partial charge in [-0.05, 0) is 24.5 Å².